The van der Waals surface area contributed by atoms with Crippen LogP contribution >= 0.6 is 11.6 Å². The summed E-state index contributed by atoms with van der Waals surface area (Å²) in [6.07, 6.45) is 8.26. The summed E-state index contributed by atoms with van der Waals surface area (Å²) in [6, 6.07) is 15.9. The molecule has 0 amide bonds. The number of ether oxygens (including phenoxy) is 1. The van der Waals surface area contributed by atoms with Crippen LogP contribution < -0.4 is 9.64 Å². The molecule has 27 heavy (non-hydrogen) atoms. The third-order valence-electron chi connectivity index (χ3n) is 4.46. The third-order valence-corrected chi connectivity index (χ3v) is 4.82. The van der Waals surface area contributed by atoms with Gasteiger partial charge in [-0.05, 0) is 42.5 Å². The van der Waals surface area contributed by atoms with Crippen molar-refractivity contribution in [1.29, 1.82) is 0 Å². The monoisotopic (exact) mass is 377 g/mol. The van der Waals surface area contributed by atoms with Crippen LogP contribution in [0.15, 0.2) is 72.8 Å². The fraction of sp³-hybridized carbons (Fsp3) is 0.182. The second-order valence-corrected chi connectivity index (χ2v) is 7.33. The summed E-state index contributed by atoms with van der Waals surface area (Å²) in [7, 11) is 4.03. The molecule has 0 radical (unpaired) electrons. The van der Waals surface area contributed by atoms with Crippen LogP contribution in [0.4, 0.5) is 5.69 Å². The van der Waals surface area contributed by atoms with Crippen molar-refractivity contribution in [2.45, 2.75) is 11.5 Å². The predicted octanol–water partition coefficient (Wildman–Crippen LogP) is 5.19. The van der Waals surface area contributed by atoms with Crippen LogP contribution in [-0.4, -0.2) is 29.1 Å². The van der Waals surface area contributed by atoms with E-state index in [1.165, 1.54) is 0 Å². The summed E-state index contributed by atoms with van der Waals surface area (Å²) in [4.78, 5) is 11.5. The number of aromatic nitrogens is 2. The quantitative estimate of drug-likeness (QED) is 0.586. The molecule has 1 heterocycles. The number of fused-ring (bicyclic) bond motifs is 1. The number of hydrogen-bond acceptors (Lipinski definition) is 4. The van der Waals surface area contributed by atoms with Crippen molar-refractivity contribution in [1.82, 2.24) is 9.97 Å². The second-order valence-electron chi connectivity index (χ2n) is 6.69. The zero-order valence-corrected chi connectivity index (χ0v) is 16.0. The molecular weight excluding hydrogens is 358 g/mol. The Bertz CT molecular complexity index is 1030. The lowest BCUT2D eigenvalue weighted by Crippen LogP contribution is -2.27. The molecule has 2 aromatic carbocycles. The summed E-state index contributed by atoms with van der Waals surface area (Å²) < 4.78 is 6.15. The van der Waals surface area contributed by atoms with Crippen molar-refractivity contribution in [3.63, 3.8) is 0 Å². The van der Waals surface area contributed by atoms with Gasteiger partial charge < -0.3 is 9.64 Å². The lowest BCUT2D eigenvalue weighted by Gasteiger charge is -2.25. The minimum absolute atomic E-state index is 0.488. The van der Waals surface area contributed by atoms with Gasteiger partial charge in [-0.25, -0.2) is 4.98 Å². The summed E-state index contributed by atoms with van der Waals surface area (Å²) in [5, 5.41) is -0.0908. The molecule has 0 bridgehead atoms. The van der Waals surface area contributed by atoms with Crippen molar-refractivity contribution in [2.24, 2.45) is 0 Å². The molecule has 136 valence electrons. The number of anilines is 1. The van der Waals surface area contributed by atoms with Gasteiger partial charge in [0.15, 0.2) is 5.82 Å². The molecule has 4 rings (SSSR count). The van der Waals surface area contributed by atoms with Crippen molar-refractivity contribution < 1.29 is 4.74 Å². The Morgan fingerprint density at radius 2 is 1.78 bits per heavy atom. The molecule has 1 aromatic heterocycles. The van der Waals surface area contributed by atoms with Gasteiger partial charge in [0.1, 0.15) is 0 Å². The highest BCUT2D eigenvalue weighted by molar-refractivity contribution is 6.24. The van der Waals surface area contributed by atoms with E-state index >= 15 is 0 Å². The molecular formula is C22H20ClN3O. The fourth-order valence-electron chi connectivity index (χ4n) is 2.97. The van der Waals surface area contributed by atoms with E-state index in [1.807, 2.05) is 86.9 Å². The van der Waals surface area contributed by atoms with E-state index in [1.54, 1.807) is 0 Å². The lowest BCUT2D eigenvalue weighted by molar-refractivity contribution is 0.204. The summed E-state index contributed by atoms with van der Waals surface area (Å²) >= 11 is 6.64. The lowest BCUT2D eigenvalue weighted by atomic mass is 10.1. The fourth-order valence-corrected chi connectivity index (χ4v) is 3.21. The molecule has 1 aliphatic carbocycles. The highest BCUT2D eigenvalue weighted by atomic mass is 35.5. The Kier molecular flexibility index (Phi) is 4.58. The molecule has 0 spiro atoms. The van der Waals surface area contributed by atoms with E-state index in [9.17, 15) is 0 Å². The number of alkyl halides is 1. The van der Waals surface area contributed by atoms with Crippen LogP contribution in [0.5, 0.6) is 5.88 Å². The number of halogens is 1. The molecule has 0 N–H and O–H groups in total. The molecule has 5 heteroatoms. The molecule has 1 aliphatic rings. The molecule has 1 atom stereocenters. The Morgan fingerprint density at radius 3 is 2.48 bits per heavy atom. The van der Waals surface area contributed by atoms with E-state index in [0.717, 1.165) is 22.2 Å². The largest absolute Gasteiger partial charge is 0.450 e. The smallest absolute Gasteiger partial charge is 0.227 e. The van der Waals surface area contributed by atoms with E-state index in [2.05, 4.69) is 4.90 Å². The van der Waals surface area contributed by atoms with Crippen LogP contribution in [0, 0.1) is 0 Å². The Balaban J connectivity index is 1.78. The number of allylic oxidation sites excluding steroid dienone is 2. The number of nitrogens with zero attached hydrogens (tertiary/aromatic N) is 3. The highest BCUT2D eigenvalue weighted by Crippen LogP contribution is 2.34. The average Bonchev–Trinajstić information content (AvgIpc) is 2.68. The minimum atomic E-state index is -0.933. The van der Waals surface area contributed by atoms with E-state index in [4.69, 9.17) is 26.3 Å². The molecule has 0 saturated carbocycles. The van der Waals surface area contributed by atoms with Gasteiger partial charge in [0.05, 0.1) is 10.9 Å². The van der Waals surface area contributed by atoms with E-state index < -0.39 is 5.06 Å². The average molecular weight is 378 g/mol. The Hall–Kier alpha value is -2.85. The van der Waals surface area contributed by atoms with Gasteiger partial charge in [-0.2, -0.15) is 4.98 Å². The number of benzene rings is 2. The number of hydrogen-bond donors (Lipinski definition) is 0. The maximum atomic E-state index is 6.64. The molecule has 3 aromatic rings. The first-order valence-corrected chi connectivity index (χ1v) is 9.19. The van der Waals surface area contributed by atoms with E-state index in [-0.39, 0.29) is 0 Å². The highest BCUT2D eigenvalue weighted by Gasteiger charge is 2.28. The van der Waals surface area contributed by atoms with Crippen LogP contribution in [0.1, 0.15) is 6.42 Å². The molecule has 0 fully saturated rings. The summed E-state index contributed by atoms with van der Waals surface area (Å²) in [5.41, 5.74) is 2.87. The van der Waals surface area contributed by atoms with Gasteiger partial charge in [0.2, 0.25) is 10.9 Å². The Morgan fingerprint density at radius 1 is 1.00 bits per heavy atom. The maximum Gasteiger partial charge on any atom is 0.227 e. The SMILES string of the molecule is CN(C)c1ccc(-c2nc(OC3(Cl)C=CC=CC3)c3ccccc3n2)cc1. The van der Waals surface area contributed by atoms with Gasteiger partial charge in [-0.1, -0.05) is 42.0 Å². The number of rotatable bonds is 4. The van der Waals surface area contributed by atoms with Gasteiger partial charge in [0, 0.05) is 31.8 Å². The maximum absolute atomic E-state index is 6.64. The number of para-hydroxylation sites is 1. The normalized spacial score (nSPS) is 18.6. The van der Waals surface area contributed by atoms with Gasteiger partial charge in [-0.3, -0.25) is 0 Å². The molecule has 4 nitrogen and oxygen atoms in total. The van der Waals surface area contributed by atoms with Crippen LogP contribution in [0.3, 0.4) is 0 Å². The van der Waals surface area contributed by atoms with Crippen molar-refractivity contribution >= 4 is 28.2 Å². The van der Waals surface area contributed by atoms with Crippen LogP contribution in [-0.2, 0) is 0 Å². The summed E-state index contributed by atoms with van der Waals surface area (Å²) in [5.74, 6) is 1.10. The van der Waals surface area contributed by atoms with Gasteiger partial charge >= 0.3 is 0 Å². The van der Waals surface area contributed by atoms with Gasteiger partial charge in [0.25, 0.3) is 0 Å². The first-order chi connectivity index (χ1) is 13.0. The predicted molar refractivity (Wildman–Crippen MR) is 111 cm³/mol. The standard InChI is InChI=1S/C22H20ClN3O/c1-26(2)17-12-10-16(11-13-17)20-24-19-9-5-4-8-18(19)21(25-20)27-22(23)14-6-3-7-15-22/h3-14H,15H2,1-2H3. The van der Waals surface area contributed by atoms with Gasteiger partial charge in [-0.15, -0.1) is 0 Å². The Labute approximate surface area is 163 Å². The summed E-state index contributed by atoms with van der Waals surface area (Å²) in [6.45, 7) is 0. The topological polar surface area (TPSA) is 38.2 Å². The van der Waals surface area contributed by atoms with Crippen molar-refractivity contribution in [3.05, 3.63) is 72.8 Å². The first kappa shape index (κ1) is 17.6. The molecule has 0 saturated heterocycles. The zero-order chi connectivity index (χ0) is 18.9. The van der Waals surface area contributed by atoms with E-state index in [0.29, 0.717) is 18.1 Å². The van der Waals surface area contributed by atoms with Crippen LogP contribution in [0.2, 0.25) is 0 Å². The first-order valence-electron chi connectivity index (χ1n) is 8.81. The van der Waals surface area contributed by atoms with Crippen molar-refractivity contribution in [2.75, 3.05) is 19.0 Å². The molecule has 0 aliphatic heterocycles. The second kappa shape index (κ2) is 7.05. The van der Waals surface area contributed by atoms with Crippen LogP contribution in [0.25, 0.3) is 22.3 Å². The third kappa shape index (κ3) is 3.67. The molecule has 1 unspecified atom stereocenters. The zero-order valence-electron chi connectivity index (χ0n) is 15.3. The van der Waals surface area contributed by atoms with Crippen molar-refractivity contribution in [3.8, 4) is 17.3 Å². The minimum Gasteiger partial charge on any atom is -0.450 e.